The van der Waals surface area contributed by atoms with E-state index in [4.69, 9.17) is 0 Å². The summed E-state index contributed by atoms with van der Waals surface area (Å²) in [4.78, 5) is 0. The van der Waals surface area contributed by atoms with Crippen LogP contribution in [0.5, 0.6) is 0 Å². The van der Waals surface area contributed by atoms with Crippen molar-refractivity contribution in [2.75, 3.05) is 0 Å². The van der Waals surface area contributed by atoms with Crippen molar-refractivity contribution in [1.82, 2.24) is 0 Å². The minimum Gasteiger partial charge on any atom is -0.0885 e. The van der Waals surface area contributed by atoms with Gasteiger partial charge in [0.25, 0.3) is 0 Å². The Hall–Kier alpha value is -0.260. The average molecular weight is 420 g/mol. The zero-order valence-corrected chi connectivity index (χ0v) is 21.4. The van der Waals surface area contributed by atoms with Gasteiger partial charge in [0.05, 0.1) is 0 Å². The third-order valence-corrected chi connectivity index (χ3v) is 6.43. The molecule has 0 aliphatic rings. The lowest BCUT2D eigenvalue weighted by atomic mass is 10.0. The van der Waals surface area contributed by atoms with Gasteiger partial charge in [0.15, 0.2) is 0 Å². The van der Waals surface area contributed by atoms with Crippen LogP contribution < -0.4 is 0 Å². The van der Waals surface area contributed by atoms with Gasteiger partial charge in [-0.2, -0.15) is 0 Å². The third-order valence-electron chi connectivity index (χ3n) is 6.43. The molecule has 0 heteroatoms. The quantitative estimate of drug-likeness (QED) is 0.0965. The summed E-state index contributed by atoms with van der Waals surface area (Å²) >= 11 is 0. The van der Waals surface area contributed by atoms with Gasteiger partial charge in [-0.25, -0.2) is 0 Å². The van der Waals surface area contributed by atoms with Gasteiger partial charge in [0.1, 0.15) is 0 Å². The predicted octanol–water partition coefficient (Wildman–Crippen LogP) is 11.5. The second kappa shape index (κ2) is 28.7. The van der Waals surface area contributed by atoms with E-state index in [1.54, 1.807) is 0 Å². The van der Waals surface area contributed by atoms with E-state index in [2.05, 4.69) is 32.4 Å². The summed E-state index contributed by atoms with van der Waals surface area (Å²) in [5.74, 6) is 0. The second-order valence-electron chi connectivity index (χ2n) is 9.63. The fourth-order valence-electron chi connectivity index (χ4n) is 4.28. The Balaban J connectivity index is 3.04. The first kappa shape index (κ1) is 29.7. The van der Waals surface area contributed by atoms with Gasteiger partial charge in [0, 0.05) is 0 Å². The zero-order valence-electron chi connectivity index (χ0n) is 21.4. The van der Waals surface area contributed by atoms with Crippen molar-refractivity contribution in [1.29, 1.82) is 0 Å². The van der Waals surface area contributed by atoms with Gasteiger partial charge in [-0.3, -0.25) is 0 Å². The fraction of sp³-hybridized carbons (Fsp3) is 0.900. The third kappa shape index (κ3) is 27.7. The standard InChI is InChI=1S/C30H59/c1-3-5-7-9-11-13-15-17-19-21-23-25-27-29-30-28-26-24-22-20-18-16-14-12-10-8-6-4-2/h17,19,26H,3-16,18,20-25,27-30H2,1-2H3/b19-17-. The van der Waals surface area contributed by atoms with Crippen LogP contribution in [0.2, 0.25) is 0 Å². The van der Waals surface area contributed by atoms with Gasteiger partial charge in [-0.15, -0.1) is 0 Å². The Labute approximate surface area is 193 Å². The summed E-state index contributed by atoms with van der Waals surface area (Å²) in [5.41, 5.74) is 0. The zero-order chi connectivity index (χ0) is 21.8. The Kier molecular flexibility index (Phi) is 28.5. The summed E-state index contributed by atoms with van der Waals surface area (Å²) in [6.45, 7) is 4.59. The molecule has 0 aliphatic heterocycles. The molecule has 0 aromatic heterocycles. The molecule has 0 unspecified atom stereocenters. The van der Waals surface area contributed by atoms with Crippen LogP contribution in [-0.2, 0) is 0 Å². The lowest BCUT2D eigenvalue weighted by Gasteiger charge is -2.03. The molecule has 0 aliphatic carbocycles. The number of unbranched alkanes of at least 4 members (excludes halogenated alkanes) is 24. The van der Waals surface area contributed by atoms with Crippen LogP contribution in [-0.4, -0.2) is 0 Å². The van der Waals surface area contributed by atoms with E-state index in [1.165, 1.54) is 161 Å². The predicted molar refractivity (Wildman–Crippen MR) is 140 cm³/mol. The van der Waals surface area contributed by atoms with Gasteiger partial charge in [0.2, 0.25) is 0 Å². The van der Waals surface area contributed by atoms with Gasteiger partial charge in [-0.05, 0) is 32.1 Å². The lowest BCUT2D eigenvalue weighted by Crippen LogP contribution is -1.84. The van der Waals surface area contributed by atoms with Crippen LogP contribution in [0.4, 0.5) is 0 Å². The molecule has 0 saturated carbocycles. The minimum absolute atomic E-state index is 1.31. The average Bonchev–Trinajstić information content (AvgIpc) is 2.76. The molecule has 0 aromatic rings. The van der Waals surface area contributed by atoms with Crippen LogP contribution in [0.3, 0.4) is 0 Å². The first-order valence-electron chi connectivity index (χ1n) is 14.4. The Bertz CT molecular complexity index is 303. The molecule has 0 fully saturated rings. The van der Waals surface area contributed by atoms with Crippen molar-refractivity contribution in [3.05, 3.63) is 18.6 Å². The highest BCUT2D eigenvalue weighted by Crippen LogP contribution is 2.14. The van der Waals surface area contributed by atoms with E-state index in [-0.39, 0.29) is 0 Å². The highest BCUT2D eigenvalue weighted by Gasteiger charge is 1.95. The molecule has 1 radical (unpaired) electrons. The summed E-state index contributed by atoms with van der Waals surface area (Å²) in [6.07, 6.45) is 42.9. The van der Waals surface area contributed by atoms with Crippen LogP contribution in [0, 0.1) is 6.42 Å². The van der Waals surface area contributed by atoms with Gasteiger partial charge >= 0.3 is 0 Å². The molecule has 0 saturated heterocycles. The molecule has 0 aromatic carbocycles. The van der Waals surface area contributed by atoms with Crippen LogP contribution in [0.25, 0.3) is 0 Å². The Morgan fingerprint density at radius 3 is 0.900 bits per heavy atom. The van der Waals surface area contributed by atoms with Crippen molar-refractivity contribution >= 4 is 0 Å². The summed E-state index contributed by atoms with van der Waals surface area (Å²) in [6, 6.07) is 0. The molecule has 0 atom stereocenters. The maximum atomic E-state index is 2.57. The molecule has 0 rings (SSSR count). The van der Waals surface area contributed by atoms with Crippen molar-refractivity contribution < 1.29 is 0 Å². The molecule has 0 amide bonds. The molecule has 30 heavy (non-hydrogen) atoms. The topological polar surface area (TPSA) is 0 Å². The maximum Gasteiger partial charge on any atom is -0.0351 e. The van der Waals surface area contributed by atoms with E-state index < -0.39 is 0 Å². The van der Waals surface area contributed by atoms with E-state index >= 15 is 0 Å². The minimum atomic E-state index is 1.31. The molecule has 0 spiro atoms. The first-order valence-corrected chi connectivity index (χ1v) is 14.4. The Morgan fingerprint density at radius 1 is 0.300 bits per heavy atom. The van der Waals surface area contributed by atoms with E-state index in [0.717, 1.165) is 0 Å². The van der Waals surface area contributed by atoms with Crippen LogP contribution >= 0.6 is 0 Å². The maximum absolute atomic E-state index is 2.57. The second-order valence-corrected chi connectivity index (χ2v) is 9.63. The number of rotatable bonds is 26. The largest absolute Gasteiger partial charge is 0.0885 e. The summed E-state index contributed by atoms with van der Waals surface area (Å²) in [5, 5.41) is 0. The first-order chi connectivity index (χ1) is 14.9. The molecule has 0 N–H and O–H groups in total. The normalized spacial score (nSPS) is 11.7. The van der Waals surface area contributed by atoms with E-state index in [9.17, 15) is 0 Å². The smallest absolute Gasteiger partial charge is 0.0351 e. The molecule has 0 heterocycles. The number of hydrogen-bond acceptors (Lipinski definition) is 0. The van der Waals surface area contributed by atoms with Crippen LogP contribution in [0.1, 0.15) is 174 Å². The van der Waals surface area contributed by atoms with Crippen molar-refractivity contribution in [2.24, 2.45) is 0 Å². The summed E-state index contributed by atoms with van der Waals surface area (Å²) < 4.78 is 0. The highest BCUT2D eigenvalue weighted by atomic mass is 14.0. The monoisotopic (exact) mass is 419 g/mol. The fourth-order valence-corrected chi connectivity index (χ4v) is 4.28. The highest BCUT2D eigenvalue weighted by molar-refractivity contribution is 4.81. The van der Waals surface area contributed by atoms with Crippen molar-refractivity contribution in [2.45, 2.75) is 174 Å². The molecular formula is C30H59. The van der Waals surface area contributed by atoms with Crippen molar-refractivity contribution in [3.63, 3.8) is 0 Å². The van der Waals surface area contributed by atoms with Gasteiger partial charge in [-0.1, -0.05) is 161 Å². The lowest BCUT2D eigenvalue weighted by molar-refractivity contribution is 0.551. The molecular weight excluding hydrogens is 360 g/mol. The summed E-state index contributed by atoms with van der Waals surface area (Å²) in [7, 11) is 0. The SMILES string of the molecule is CCCCCCCC/C=C\CCCCCCC[CH]CCCCCCCCCCCC. The molecule has 0 bridgehead atoms. The Morgan fingerprint density at radius 2 is 0.567 bits per heavy atom. The molecule has 179 valence electrons. The van der Waals surface area contributed by atoms with Gasteiger partial charge < -0.3 is 0 Å². The van der Waals surface area contributed by atoms with E-state index in [1.807, 2.05) is 0 Å². The van der Waals surface area contributed by atoms with E-state index in [0.29, 0.717) is 0 Å². The van der Waals surface area contributed by atoms with Crippen LogP contribution in [0.15, 0.2) is 12.2 Å². The number of allylic oxidation sites excluding steroid dienone is 2. The van der Waals surface area contributed by atoms with Crippen molar-refractivity contribution in [3.8, 4) is 0 Å². The molecule has 0 nitrogen and oxygen atoms in total. The number of hydrogen-bond donors (Lipinski definition) is 0.